The van der Waals surface area contributed by atoms with Crippen LogP contribution in [0.25, 0.3) is 0 Å². The lowest BCUT2D eigenvalue weighted by Crippen LogP contribution is -2.34. The van der Waals surface area contributed by atoms with Crippen molar-refractivity contribution in [3.63, 3.8) is 0 Å². The van der Waals surface area contributed by atoms with Crippen molar-refractivity contribution in [2.45, 2.75) is 13.0 Å². The van der Waals surface area contributed by atoms with E-state index in [4.69, 9.17) is 21.9 Å². The predicted octanol–water partition coefficient (Wildman–Crippen LogP) is 4.15. The summed E-state index contributed by atoms with van der Waals surface area (Å²) in [5, 5.41) is 12.5. The van der Waals surface area contributed by atoms with E-state index in [1.807, 2.05) is 41.3 Å². The van der Waals surface area contributed by atoms with Gasteiger partial charge < -0.3 is 14.6 Å². The van der Waals surface area contributed by atoms with Crippen molar-refractivity contribution >= 4 is 38.9 Å². The molecule has 0 amide bonds. The van der Waals surface area contributed by atoms with Crippen LogP contribution in [-0.2, 0) is 6.54 Å². The highest BCUT2D eigenvalue weighted by Gasteiger charge is 2.12. The molecule has 1 aromatic heterocycles. The zero-order valence-corrected chi connectivity index (χ0v) is 13.7. The molecule has 1 heterocycles. The molecule has 21 heavy (non-hydrogen) atoms. The van der Waals surface area contributed by atoms with Crippen LogP contribution in [0.1, 0.15) is 12.2 Å². The molecule has 0 radical (unpaired) electrons. The Morgan fingerprint density at radius 3 is 2.90 bits per heavy atom. The van der Waals surface area contributed by atoms with Crippen LogP contribution in [0, 0.1) is 11.3 Å². The second-order valence-corrected chi connectivity index (χ2v) is 5.65. The summed E-state index contributed by atoms with van der Waals surface area (Å²) < 4.78 is 6.32. The molecule has 0 bridgehead atoms. The van der Waals surface area contributed by atoms with E-state index in [2.05, 4.69) is 27.3 Å². The maximum atomic E-state index is 8.78. The van der Waals surface area contributed by atoms with Crippen molar-refractivity contribution in [3.8, 4) is 6.07 Å². The molecule has 2 aromatic rings. The fraction of sp³-hybridized carbons (Fsp3) is 0.200. The van der Waals surface area contributed by atoms with Crippen LogP contribution in [0.3, 0.4) is 0 Å². The minimum atomic E-state index is 0.404. The van der Waals surface area contributed by atoms with Crippen LogP contribution in [0.15, 0.2) is 51.6 Å². The number of nitrogens with zero attached hydrogens (tertiary/aromatic N) is 2. The molecule has 1 aromatic carbocycles. The van der Waals surface area contributed by atoms with Gasteiger partial charge in [0.1, 0.15) is 5.76 Å². The molecule has 0 atom stereocenters. The van der Waals surface area contributed by atoms with Gasteiger partial charge in [-0.15, -0.1) is 0 Å². The summed E-state index contributed by atoms with van der Waals surface area (Å²) in [5.74, 6) is 0.811. The summed E-state index contributed by atoms with van der Waals surface area (Å²) >= 11 is 8.86. The van der Waals surface area contributed by atoms with Crippen LogP contribution in [0.4, 0.5) is 5.69 Å². The van der Waals surface area contributed by atoms with Gasteiger partial charge >= 0.3 is 0 Å². The van der Waals surface area contributed by atoms with Gasteiger partial charge in [0.2, 0.25) is 0 Å². The monoisotopic (exact) mass is 363 g/mol. The summed E-state index contributed by atoms with van der Waals surface area (Å²) in [6, 6.07) is 13.6. The molecule has 0 aliphatic heterocycles. The Bertz CT molecular complexity index is 637. The minimum Gasteiger partial charge on any atom is -0.467 e. The molecule has 1 N–H and O–H groups in total. The first-order valence-electron chi connectivity index (χ1n) is 6.40. The third-order valence-corrected chi connectivity index (χ3v) is 3.64. The maximum absolute atomic E-state index is 8.78. The molecule has 108 valence electrons. The molecular weight excluding hydrogens is 350 g/mol. The lowest BCUT2D eigenvalue weighted by Gasteiger charge is -2.24. The first kappa shape index (κ1) is 15.5. The molecular formula is C15H14BrN3OS. The average Bonchev–Trinajstić information content (AvgIpc) is 2.96. The van der Waals surface area contributed by atoms with Crippen molar-refractivity contribution < 1.29 is 4.42 Å². The smallest absolute Gasteiger partial charge is 0.173 e. The zero-order chi connectivity index (χ0) is 15.1. The number of anilines is 1. The van der Waals surface area contributed by atoms with Crippen LogP contribution < -0.4 is 5.32 Å². The minimum absolute atomic E-state index is 0.404. The van der Waals surface area contributed by atoms with Gasteiger partial charge in [-0.3, -0.25) is 0 Å². The van der Waals surface area contributed by atoms with Gasteiger partial charge in [0.25, 0.3) is 0 Å². The fourth-order valence-electron chi connectivity index (χ4n) is 1.80. The highest BCUT2D eigenvalue weighted by Crippen LogP contribution is 2.17. The molecule has 0 aliphatic carbocycles. The Labute approximate surface area is 137 Å². The number of nitrogens with one attached hydrogen (secondary N) is 1. The van der Waals surface area contributed by atoms with Crippen molar-refractivity contribution in [2.75, 3.05) is 11.9 Å². The van der Waals surface area contributed by atoms with Crippen molar-refractivity contribution in [1.29, 1.82) is 5.26 Å². The average molecular weight is 364 g/mol. The first-order chi connectivity index (χ1) is 10.2. The Morgan fingerprint density at radius 1 is 1.38 bits per heavy atom. The number of thiocarbonyl (C=S) groups is 1. The van der Waals surface area contributed by atoms with Gasteiger partial charge in [0, 0.05) is 16.7 Å². The maximum Gasteiger partial charge on any atom is 0.173 e. The van der Waals surface area contributed by atoms with E-state index in [1.54, 1.807) is 6.26 Å². The Hall–Kier alpha value is -1.84. The molecule has 0 aliphatic rings. The number of benzene rings is 1. The quantitative estimate of drug-likeness (QED) is 0.808. The van der Waals surface area contributed by atoms with E-state index in [-0.39, 0.29) is 0 Å². The van der Waals surface area contributed by atoms with Gasteiger partial charge in [-0.25, -0.2) is 0 Å². The third-order valence-electron chi connectivity index (χ3n) is 2.78. The van der Waals surface area contributed by atoms with E-state index in [0.717, 1.165) is 15.9 Å². The van der Waals surface area contributed by atoms with Crippen LogP contribution in [0.5, 0.6) is 0 Å². The number of nitriles is 1. The fourth-order valence-corrected chi connectivity index (χ4v) is 2.47. The predicted molar refractivity (Wildman–Crippen MR) is 89.7 cm³/mol. The van der Waals surface area contributed by atoms with Crippen molar-refractivity contribution in [1.82, 2.24) is 4.90 Å². The highest BCUT2D eigenvalue weighted by atomic mass is 79.9. The Kier molecular flexibility index (Phi) is 5.78. The summed E-state index contributed by atoms with van der Waals surface area (Å²) in [4.78, 5) is 1.91. The molecule has 0 spiro atoms. The van der Waals surface area contributed by atoms with Crippen molar-refractivity contribution in [3.05, 3.63) is 52.9 Å². The lowest BCUT2D eigenvalue weighted by molar-refractivity contribution is 0.371. The van der Waals surface area contributed by atoms with Crippen molar-refractivity contribution in [2.24, 2.45) is 0 Å². The number of hydrogen-bond donors (Lipinski definition) is 1. The van der Waals surface area contributed by atoms with E-state index in [0.29, 0.717) is 24.6 Å². The van der Waals surface area contributed by atoms with Crippen LogP contribution in [0.2, 0.25) is 0 Å². The molecule has 2 rings (SSSR count). The standard InChI is InChI=1S/C15H14BrN3OS/c16-12-4-1-5-13(10-12)18-15(21)19(8-3-7-17)11-14-6-2-9-20-14/h1-2,4-6,9-10H,3,8,11H2,(H,18,21). The van der Waals surface area contributed by atoms with Gasteiger partial charge in [-0.1, -0.05) is 22.0 Å². The highest BCUT2D eigenvalue weighted by molar-refractivity contribution is 9.10. The van der Waals surface area contributed by atoms with Gasteiger partial charge in [-0.2, -0.15) is 5.26 Å². The van der Waals surface area contributed by atoms with E-state index in [9.17, 15) is 0 Å². The molecule has 0 saturated heterocycles. The van der Waals surface area contributed by atoms with E-state index < -0.39 is 0 Å². The largest absolute Gasteiger partial charge is 0.467 e. The number of hydrogen-bond acceptors (Lipinski definition) is 3. The summed E-state index contributed by atoms with van der Waals surface area (Å²) in [7, 11) is 0. The second kappa shape index (κ2) is 7.81. The molecule has 6 heteroatoms. The SMILES string of the molecule is N#CCCN(Cc1ccco1)C(=S)Nc1cccc(Br)c1. The second-order valence-electron chi connectivity index (χ2n) is 4.35. The zero-order valence-electron chi connectivity index (χ0n) is 11.3. The van der Waals surface area contributed by atoms with E-state index >= 15 is 0 Å². The molecule has 4 nitrogen and oxygen atoms in total. The summed E-state index contributed by atoms with van der Waals surface area (Å²) in [6.07, 6.45) is 2.03. The van der Waals surface area contributed by atoms with Crippen LogP contribution in [-0.4, -0.2) is 16.6 Å². The topological polar surface area (TPSA) is 52.2 Å². The Morgan fingerprint density at radius 2 is 2.24 bits per heavy atom. The number of halogens is 1. The first-order valence-corrected chi connectivity index (χ1v) is 7.60. The Balaban J connectivity index is 2.04. The lowest BCUT2D eigenvalue weighted by atomic mass is 10.3. The molecule has 0 fully saturated rings. The third kappa shape index (κ3) is 4.88. The van der Waals surface area contributed by atoms with Gasteiger partial charge in [0.05, 0.1) is 25.3 Å². The van der Waals surface area contributed by atoms with Gasteiger partial charge in [0.15, 0.2) is 5.11 Å². The van der Waals surface area contributed by atoms with Crippen LogP contribution >= 0.6 is 28.1 Å². The number of rotatable bonds is 5. The van der Waals surface area contributed by atoms with E-state index in [1.165, 1.54) is 0 Å². The summed E-state index contributed by atoms with van der Waals surface area (Å²) in [5.41, 5.74) is 0.899. The molecule has 0 saturated carbocycles. The molecule has 0 unspecified atom stereocenters. The number of furan rings is 1. The summed E-state index contributed by atoms with van der Waals surface area (Å²) in [6.45, 7) is 1.09. The normalized spacial score (nSPS) is 9.90. The van der Waals surface area contributed by atoms with Gasteiger partial charge in [-0.05, 0) is 42.5 Å².